The second-order valence-corrected chi connectivity index (χ2v) is 5.91. The fraction of sp³-hybridized carbons (Fsp3) is 1.00. The summed E-state index contributed by atoms with van der Waals surface area (Å²) in [5.74, 6) is 2.92. The van der Waals surface area contributed by atoms with Crippen molar-refractivity contribution in [2.75, 3.05) is 12.8 Å². The van der Waals surface area contributed by atoms with Gasteiger partial charge in [0, 0.05) is 12.6 Å². The molecule has 0 aromatic carbocycles. The van der Waals surface area contributed by atoms with Gasteiger partial charge in [-0.05, 0) is 43.3 Å². The fourth-order valence-electron chi connectivity index (χ4n) is 3.32. The summed E-state index contributed by atoms with van der Waals surface area (Å²) in [6.07, 6.45) is 8.07. The average Bonchev–Trinajstić information content (AvgIpc) is 2.28. The number of piperidine rings is 2. The first-order valence-electron chi connectivity index (χ1n) is 6.07. The molecule has 0 radical (unpaired) electrons. The van der Waals surface area contributed by atoms with Crippen LogP contribution >= 0.6 is 11.9 Å². The van der Waals surface area contributed by atoms with Crippen molar-refractivity contribution < 1.29 is 0 Å². The lowest BCUT2D eigenvalue weighted by atomic mass is 9.69. The largest absolute Gasteiger partial charge is 0.247 e. The summed E-state index contributed by atoms with van der Waals surface area (Å²) in [5.41, 5.74) is 0. The Morgan fingerprint density at radius 1 is 1.43 bits per heavy atom. The zero-order valence-electron chi connectivity index (χ0n) is 9.70. The molecule has 2 saturated heterocycles. The van der Waals surface area contributed by atoms with Gasteiger partial charge in [-0.1, -0.05) is 32.2 Å². The third-order valence-corrected chi connectivity index (χ3v) is 5.28. The molecule has 1 nitrogen and oxygen atoms in total. The first-order valence-corrected chi connectivity index (χ1v) is 7.25. The average molecular weight is 213 g/mol. The van der Waals surface area contributed by atoms with Crippen molar-refractivity contribution >= 4 is 11.9 Å². The van der Waals surface area contributed by atoms with Gasteiger partial charge in [-0.15, -0.1) is 0 Å². The molecule has 14 heavy (non-hydrogen) atoms. The third-order valence-electron chi connectivity index (χ3n) is 4.39. The van der Waals surface area contributed by atoms with E-state index in [0.29, 0.717) is 0 Å². The van der Waals surface area contributed by atoms with Gasteiger partial charge in [0.05, 0.1) is 0 Å². The number of nitrogens with zero attached hydrogens (tertiary/aromatic N) is 1. The molecule has 0 aromatic rings. The molecule has 4 unspecified atom stereocenters. The summed E-state index contributed by atoms with van der Waals surface area (Å²) in [6.45, 7) is 6.15. The van der Waals surface area contributed by atoms with E-state index in [2.05, 4.69) is 24.4 Å². The Kier molecular flexibility index (Phi) is 3.43. The second kappa shape index (κ2) is 4.44. The van der Waals surface area contributed by atoms with Gasteiger partial charge in [0.25, 0.3) is 0 Å². The van der Waals surface area contributed by atoms with Crippen molar-refractivity contribution in [2.24, 2.45) is 17.8 Å². The first-order chi connectivity index (χ1) is 6.76. The van der Waals surface area contributed by atoms with Crippen LogP contribution in [0.15, 0.2) is 0 Å². The van der Waals surface area contributed by atoms with Gasteiger partial charge in [-0.25, -0.2) is 4.31 Å². The highest BCUT2D eigenvalue weighted by Gasteiger charge is 2.42. The van der Waals surface area contributed by atoms with Crippen LogP contribution in [0.4, 0.5) is 0 Å². The number of hydrogen-bond donors (Lipinski definition) is 0. The van der Waals surface area contributed by atoms with E-state index in [1.807, 2.05) is 11.9 Å². The van der Waals surface area contributed by atoms with Crippen LogP contribution in [-0.2, 0) is 0 Å². The van der Waals surface area contributed by atoms with Crippen molar-refractivity contribution in [1.82, 2.24) is 4.31 Å². The molecule has 2 aliphatic heterocycles. The first kappa shape index (κ1) is 10.8. The molecule has 2 bridgehead atoms. The van der Waals surface area contributed by atoms with E-state index in [0.717, 1.165) is 23.8 Å². The minimum atomic E-state index is 0.893. The molecule has 3 rings (SSSR count). The molecule has 82 valence electrons. The highest BCUT2D eigenvalue weighted by Crippen LogP contribution is 2.44. The Morgan fingerprint density at radius 3 is 2.79 bits per heavy atom. The van der Waals surface area contributed by atoms with Gasteiger partial charge >= 0.3 is 0 Å². The molecule has 0 aromatic heterocycles. The van der Waals surface area contributed by atoms with Crippen molar-refractivity contribution in [1.29, 1.82) is 0 Å². The Hall–Kier alpha value is 0.310. The van der Waals surface area contributed by atoms with Crippen LogP contribution in [0.5, 0.6) is 0 Å². The van der Waals surface area contributed by atoms with Crippen LogP contribution in [0, 0.1) is 17.8 Å². The van der Waals surface area contributed by atoms with Crippen molar-refractivity contribution in [3.63, 3.8) is 0 Å². The zero-order valence-corrected chi connectivity index (χ0v) is 10.5. The van der Waals surface area contributed by atoms with Crippen LogP contribution in [0.1, 0.15) is 39.5 Å². The lowest BCUT2D eigenvalue weighted by Crippen LogP contribution is -2.51. The molecule has 0 N–H and O–H groups in total. The van der Waals surface area contributed by atoms with Gasteiger partial charge in [0.1, 0.15) is 0 Å². The SMILES string of the molecule is CCC(C)C1CC2CCC1N(SC)C2. The Labute approximate surface area is 92.8 Å². The second-order valence-electron chi connectivity index (χ2n) is 5.08. The van der Waals surface area contributed by atoms with E-state index in [9.17, 15) is 0 Å². The van der Waals surface area contributed by atoms with Gasteiger partial charge in [-0.3, -0.25) is 0 Å². The summed E-state index contributed by atoms with van der Waals surface area (Å²) in [6, 6.07) is 0.893. The summed E-state index contributed by atoms with van der Waals surface area (Å²) in [5, 5.41) is 0. The Morgan fingerprint density at radius 2 is 2.21 bits per heavy atom. The maximum Gasteiger partial charge on any atom is 0.0233 e. The van der Waals surface area contributed by atoms with Crippen molar-refractivity contribution in [3.8, 4) is 0 Å². The lowest BCUT2D eigenvalue weighted by molar-refractivity contribution is 0.0385. The van der Waals surface area contributed by atoms with Crippen LogP contribution in [-0.4, -0.2) is 23.1 Å². The van der Waals surface area contributed by atoms with E-state index >= 15 is 0 Å². The smallest absolute Gasteiger partial charge is 0.0233 e. The topological polar surface area (TPSA) is 3.24 Å². The normalized spacial score (nSPS) is 40.1. The van der Waals surface area contributed by atoms with Crippen LogP contribution in [0.2, 0.25) is 0 Å². The number of rotatable bonds is 3. The van der Waals surface area contributed by atoms with Gasteiger partial charge in [0.15, 0.2) is 0 Å². The summed E-state index contributed by atoms with van der Waals surface area (Å²) >= 11 is 1.97. The molecule has 4 atom stereocenters. The zero-order chi connectivity index (χ0) is 10.1. The van der Waals surface area contributed by atoms with E-state index in [1.165, 1.54) is 32.2 Å². The van der Waals surface area contributed by atoms with Gasteiger partial charge < -0.3 is 0 Å². The minimum absolute atomic E-state index is 0.893. The predicted octanol–water partition coefficient (Wildman–Crippen LogP) is 3.41. The summed E-state index contributed by atoms with van der Waals surface area (Å²) in [7, 11) is 0. The maximum absolute atomic E-state index is 2.66. The minimum Gasteiger partial charge on any atom is -0.247 e. The molecule has 1 aliphatic carbocycles. The van der Waals surface area contributed by atoms with E-state index in [4.69, 9.17) is 0 Å². The van der Waals surface area contributed by atoms with Crippen LogP contribution in [0.3, 0.4) is 0 Å². The molecular formula is C12H23NS. The molecule has 2 heteroatoms. The van der Waals surface area contributed by atoms with Gasteiger partial charge in [-0.2, -0.15) is 0 Å². The van der Waals surface area contributed by atoms with Gasteiger partial charge in [0.2, 0.25) is 0 Å². The molecular weight excluding hydrogens is 190 g/mol. The molecule has 0 spiro atoms. The standard InChI is InChI=1S/C12H23NS/c1-4-9(2)11-7-10-5-6-12(11)13(8-10)14-3/h9-12H,4-8H2,1-3H3. The molecule has 2 heterocycles. The Balaban J connectivity index is 2.06. The van der Waals surface area contributed by atoms with E-state index in [-0.39, 0.29) is 0 Å². The van der Waals surface area contributed by atoms with Crippen LogP contribution < -0.4 is 0 Å². The van der Waals surface area contributed by atoms with Crippen molar-refractivity contribution in [2.45, 2.75) is 45.6 Å². The molecule has 3 aliphatic rings. The predicted molar refractivity (Wildman–Crippen MR) is 64.3 cm³/mol. The highest BCUT2D eigenvalue weighted by molar-refractivity contribution is 7.96. The third kappa shape index (κ3) is 1.83. The molecule has 0 amide bonds. The van der Waals surface area contributed by atoms with E-state index in [1.54, 1.807) is 0 Å². The molecule has 1 saturated carbocycles. The monoisotopic (exact) mass is 213 g/mol. The lowest BCUT2D eigenvalue weighted by Gasteiger charge is -2.50. The summed E-state index contributed by atoms with van der Waals surface area (Å²) < 4.78 is 2.66. The number of fused-ring (bicyclic) bond motifs is 3. The Bertz CT molecular complexity index is 195. The van der Waals surface area contributed by atoms with E-state index < -0.39 is 0 Å². The molecule has 3 fully saturated rings. The summed E-state index contributed by atoms with van der Waals surface area (Å²) in [4.78, 5) is 0. The number of hydrogen-bond acceptors (Lipinski definition) is 2. The van der Waals surface area contributed by atoms with Crippen molar-refractivity contribution in [3.05, 3.63) is 0 Å². The fourth-order valence-corrected chi connectivity index (χ4v) is 4.21. The maximum atomic E-state index is 2.66. The van der Waals surface area contributed by atoms with Crippen LogP contribution in [0.25, 0.3) is 0 Å². The highest BCUT2D eigenvalue weighted by atomic mass is 32.2. The quantitative estimate of drug-likeness (QED) is 0.661.